The van der Waals surface area contributed by atoms with E-state index in [0.717, 1.165) is 0 Å². The van der Waals surface area contributed by atoms with Gasteiger partial charge >= 0.3 is 12.1 Å². The largest absolute Gasteiger partial charge is 0.465 e. The lowest BCUT2D eigenvalue weighted by molar-refractivity contribution is -0.127. The van der Waals surface area contributed by atoms with Crippen LogP contribution in [0.15, 0.2) is 18.2 Å². The van der Waals surface area contributed by atoms with Gasteiger partial charge in [-0.25, -0.2) is 4.79 Å². The number of alkyl halides is 3. The highest BCUT2D eigenvalue weighted by Gasteiger charge is 2.26. The lowest BCUT2D eigenvalue weighted by Gasteiger charge is -2.11. The number of nitrogens with one attached hydrogen (secondary N) is 2. The van der Waals surface area contributed by atoms with Gasteiger partial charge in [-0.15, -0.1) is 0 Å². The van der Waals surface area contributed by atoms with E-state index in [1.807, 2.05) is 5.32 Å². The van der Waals surface area contributed by atoms with E-state index in [1.165, 1.54) is 19.2 Å². The number of rotatable bonds is 5. The summed E-state index contributed by atoms with van der Waals surface area (Å²) in [7, 11) is 1.22. The maximum absolute atomic E-state index is 11.9. The van der Waals surface area contributed by atoms with Crippen LogP contribution >= 0.6 is 0 Å². The maximum Gasteiger partial charge on any atom is 0.401 e. The first-order valence-electron chi connectivity index (χ1n) is 5.99. The quantitative estimate of drug-likeness (QED) is 0.815. The normalized spacial score (nSPS) is 11.1. The second-order valence-electron chi connectivity index (χ2n) is 4.29. The van der Waals surface area contributed by atoms with E-state index in [1.54, 1.807) is 13.0 Å². The first-order chi connectivity index (χ1) is 9.73. The molecule has 1 amide bonds. The Balaban J connectivity index is 2.65. The average molecular weight is 304 g/mol. The number of halogens is 3. The molecular weight excluding hydrogens is 289 g/mol. The lowest BCUT2D eigenvalue weighted by atomic mass is 10.1. The van der Waals surface area contributed by atoms with Gasteiger partial charge in [-0.3, -0.25) is 4.79 Å². The van der Waals surface area contributed by atoms with Crippen molar-refractivity contribution in [3.05, 3.63) is 29.3 Å². The number of ether oxygens (including phenoxy) is 1. The number of amides is 1. The van der Waals surface area contributed by atoms with Crippen molar-refractivity contribution in [2.45, 2.75) is 13.1 Å². The molecule has 5 nitrogen and oxygen atoms in total. The van der Waals surface area contributed by atoms with Crippen LogP contribution in [0.3, 0.4) is 0 Å². The molecule has 0 fully saturated rings. The summed E-state index contributed by atoms with van der Waals surface area (Å²) in [5, 5.41) is 4.42. The highest BCUT2D eigenvalue weighted by atomic mass is 19.4. The van der Waals surface area contributed by atoms with Gasteiger partial charge < -0.3 is 15.4 Å². The van der Waals surface area contributed by atoms with Crippen molar-refractivity contribution in [2.24, 2.45) is 0 Å². The zero-order chi connectivity index (χ0) is 16.0. The van der Waals surface area contributed by atoms with Crippen LogP contribution in [-0.2, 0) is 9.53 Å². The Bertz CT molecular complexity index is 530. The van der Waals surface area contributed by atoms with E-state index in [-0.39, 0.29) is 5.56 Å². The molecule has 0 radical (unpaired) electrons. The van der Waals surface area contributed by atoms with Crippen molar-refractivity contribution in [1.29, 1.82) is 0 Å². The first-order valence-corrected chi connectivity index (χ1v) is 5.99. The fraction of sp³-hybridized carbons (Fsp3) is 0.385. The van der Waals surface area contributed by atoms with Crippen molar-refractivity contribution in [1.82, 2.24) is 5.32 Å². The third kappa shape index (κ3) is 5.82. The molecule has 0 aliphatic rings. The van der Waals surface area contributed by atoms with Gasteiger partial charge in [-0.2, -0.15) is 13.2 Å². The molecule has 8 heteroatoms. The van der Waals surface area contributed by atoms with Gasteiger partial charge in [0.05, 0.1) is 25.8 Å². The summed E-state index contributed by atoms with van der Waals surface area (Å²) in [6, 6.07) is 4.53. The maximum atomic E-state index is 11.9. The summed E-state index contributed by atoms with van der Waals surface area (Å²) in [5.74, 6) is -1.20. The number of hydrogen-bond donors (Lipinski definition) is 2. The second kappa shape index (κ2) is 7.07. The van der Waals surface area contributed by atoms with Gasteiger partial charge in [-0.05, 0) is 24.6 Å². The predicted molar refractivity (Wildman–Crippen MR) is 70.1 cm³/mol. The minimum absolute atomic E-state index is 0.238. The molecule has 1 rings (SSSR count). The molecule has 0 heterocycles. The smallest absolute Gasteiger partial charge is 0.401 e. The van der Waals surface area contributed by atoms with E-state index >= 15 is 0 Å². The summed E-state index contributed by atoms with van der Waals surface area (Å²) >= 11 is 0. The van der Waals surface area contributed by atoms with Crippen LogP contribution in [-0.4, -0.2) is 38.3 Å². The molecule has 0 saturated carbocycles. The number of benzene rings is 1. The van der Waals surface area contributed by atoms with Crippen LogP contribution in [0.1, 0.15) is 15.9 Å². The number of hydrogen-bond acceptors (Lipinski definition) is 4. The molecule has 0 aromatic heterocycles. The number of carbonyl (C=O) groups is 2. The third-order valence-electron chi connectivity index (χ3n) is 2.54. The SMILES string of the molecule is COC(=O)c1ccc(C)c(NC(=O)CNCC(F)(F)F)c1. The summed E-state index contributed by atoms with van der Waals surface area (Å²) in [6.45, 7) is -0.0389. The van der Waals surface area contributed by atoms with Crippen LogP contribution < -0.4 is 10.6 Å². The van der Waals surface area contributed by atoms with Crippen molar-refractivity contribution in [2.75, 3.05) is 25.5 Å². The van der Waals surface area contributed by atoms with Gasteiger partial charge in [0.1, 0.15) is 0 Å². The van der Waals surface area contributed by atoms with Crippen molar-refractivity contribution >= 4 is 17.6 Å². The molecule has 0 aliphatic carbocycles. The summed E-state index contributed by atoms with van der Waals surface area (Å²) in [6.07, 6.45) is -4.37. The number of esters is 1. The zero-order valence-corrected chi connectivity index (χ0v) is 11.5. The topological polar surface area (TPSA) is 67.4 Å². The Morgan fingerprint density at radius 2 is 1.95 bits per heavy atom. The standard InChI is InChI=1S/C13H15F3N2O3/c1-8-3-4-9(12(20)21-2)5-10(8)18-11(19)6-17-7-13(14,15)16/h3-5,17H,6-7H2,1-2H3,(H,18,19). The lowest BCUT2D eigenvalue weighted by Crippen LogP contribution is -2.35. The molecule has 0 aliphatic heterocycles. The second-order valence-corrected chi connectivity index (χ2v) is 4.29. The van der Waals surface area contributed by atoms with E-state index in [9.17, 15) is 22.8 Å². The van der Waals surface area contributed by atoms with E-state index in [4.69, 9.17) is 0 Å². The molecule has 1 aromatic rings. The van der Waals surface area contributed by atoms with Gasteiger partial charge in [0.2, 0.25) is 5.91 Å². The van der Waals surface area contributed by atoms with Gasteiger partial charge in [0, 0.05) is 5.69 Å². The molecule has 0 atom stereocenters. The average Bonchev–Trinajstić information content (AvgIpc) is 2.39. The van der Waals surface area contributed by atoms with Crippen LogP contribution in [0, 0.1) is 6.92 Å². The summed E-state index contributed by atoms with van der Waals surface area (Å²) in [5.41, 5.74) is 1.25. The third-order valence-corrected chi connectivity index (χ3v) is 2.54. The van der Waals surface area contributed by atoms with E-state index in [0.29, 0.717) is 11.3 Å². The van der Waals surface area contributed by atoms with E-state index < -0.39 is 31.1 Å². The highest BCUT2D eigenvalue weighted by Crippen LogP contribution is 2.17. The minimum atomic E-state index is -4.37. The van der Waals surface area contributed by atoms with Gasteiger partial charge in [-0.1, -0.05) is 6.07 Å². The monoisotopic (exact) mass is 304 g/mol. The molecule has 116 valence electrons. The molecule has 0 unspecified atom stereocenters. The first kappa shape index (κ1) is 17.0. The van der Waals surface area contributed by atoms with Crippen molar-refractivity contribution < 1.29 is 27.5 Å². The fourth-order valence-electron chi connectivity index (χ4n) is 1.51. The van der Waals surface area contributed by atoms with E-state index in [2.05, 4.69) is 10.1 Å². The Labute approximate surface area is 119 Å². The highest BCUT2D eigenvalue weighted by molar-refractivity contribution is 5.96. The molecule has 0 saturated heterocycles. The number of carbonyl (C=O) groups excluding carboxylic acids is 2. The van der Waals surface area contributed by atoms with Crippen LogP contribution in [0.25, 0.3) is 0 Å². The van der Waals surface area contributed by atoms with Crippen LogP contribution in [0.2, 0.25) is 0 Å². The van der Waals surface area contributed by atoms with Gasteiger partial charge in [0.25, 0.3) is 0 Å². The van der Waals surface area contributed by atoms with Crippen molar-refractivity contribution in [3.8, 4) is 0 Å². The fourth-order valence-corrected chi connectivity index (χ4v) is 1.51. The summed E-state index contributed by atoms with van der Waals surface area (Å²) in [4.78, 5) is 22.9. The van der Waals surface area contributed by atoms with Crippen LogP contribution in [0.4, 0.5) is 18.9 Å². The molecule has 0 spiro atoms. The Morgan fingerprint density at radius 1 is 1.29 bits per heavy atom. The van der Waals surface area contributed by atoms with Gasteiger partial charge in [0.15, 0.2) is 0 Å². The summed E-state index contributed by atoms with van der Waals surface area (Å²) < 4.78 is 40.3. The molecule has 2 N–H and O–H groups in total. The molecule has 1 aromatic carbocycles. The predicted octanol–water partition coefficient (Wildman–Crippen LogP) is 1.87. The number of anilines is 1. The molecular formula is C13H15F3N2O3. The Hall–Kier alpha value is -2.09. The molecule has 0 bridgehead atoms. The Morgan fingerprint density at radius 3 is 2.52 bits per heavy atom. The Kier molecular flexibility index (Phi) is 5.71. The van der Waals surface area contributed by atoms with Crippen molar-refractivity contribution in [3.63, 3.8) is 0 Å². The molecule has 21 heavy (non-hydrogen) atoms. The minimum Gasteiger partial charge on any atom is -0.465 e. The van der Waals surface area contributed by atoms with Crippen LogP contribution in [0.5, 0.6) is 0 Å². The number of aryl methyl sites for hydroxylation is 1. The zero-order valence-electron chi connectivity index (χ0n) is 11.5. The number of methoxy groups -OCH3 is 1.